The fraction of sp³-hybridized carbons (Fsp3) is 0.571. The zero-order valence-corrected chi connectivity index (χ0v) is 11.2. The first-order valence-corrected chi connectivity index (χ1v) is 6.71. The van der Waals surface area contributed by atoms with Gasteiger partial charge in [0.05, 0.1) is 5.56 Å². The average Bonchev–Trinajstić information content (AvgIpc) is 2.86. The molecule has 1 aromatic carbocycles. The van der Waals surface area contributed by atoms with Gasteiger partial charge in [-0.3, -0.25) is 0 Å². The fourth-order valence-corrected chi connectivity index (χ4v) is 2.70. The smallest absolute Gasteiger partial charge is 0.396 e. The number of aliphatic hydroxyl groups is 1. The van der Waals surface area contributed by atoms with Crippen molar-refractivity contribution < 1.29 is 18.3 Å². The highest BCUT2D eigenvalue weighted by atomic mass is 19.4. The van der Waals surface area contributed by atoms with Crippen molar-refractivity contribution in [3.8, 4) is 0 Å². The van der Waals surface area contributed by atoms with E-state index in [2.05, 4.69) is 4.90 Å². The van der Waals surface area contributed by atoms with Crippen LogP contribution in [0.3, 0.4) is 0 Å². The highest BCUT2D eigenvalue weighted by Gasteiger charge is 2.32. The Kier molecular flexibility index (Phi) is 4.55. The van der Waals surface area contributed by atoms with Crippen molar-refractivity contribution in [1.82, 2.24) is 0 Å². The van der Waals surface area contributed by atoms with Crippen LogP contribution in [-0.2, 0) is 12.7 Å². The van der Waals surface area contributed by atoms with Gasteiger partial charge in [0.2, 0.25) is 0 Å². The number of nitrogens with zero attached hydrogens (tertiary/aromatic N) is 1. The molecular formula is C14H19F3N2O. The lowest BCUT2D eigenvalue weighted by Gasteiger charge is -2.23. The van der Waals surface area contributed by atoms with E-state index in [-0.39, 0.29) is 13.2 Å². The van der Waals surface area contributed by atoms with Crippen molar-refractivity contribution in [2.24, 2.45) is 11.7 Å². The molecule has 0 bridgehead atoms. The first-order chi connectivity index (χ1) is 9.45. The molecule has 0 aliphatic carbocycles. The SMILES string of the molecule is NCc1cc(C(F)(F)F)ccc1N1CCC(CCO)C1. The molecule has 3 N–H and O–H groups in total. The lowest BCUT2D eigenvalue weighted by molar-refractivity contribution is -0.137. The molecule has 1 aromatic rings. The van der Waals surface area contributed by atoms with Crippen molar-refractivity contribution in [3.05, 3.63) is 29.3 Å². The molecule has 0 spiro atoms. The van der Waals surface area contributed by atoms with Gasteiger partial charge in [-0.15, -0.1) is 0 Å². The second-order valence-corrected chi connectivity index (χ2v) is 5.16. The monoisotopic (exact) mass is 288 g/mol. The molecule has 0 amide bonds. The first kappa shape index (κ1) is 15.1. The summed E-state index contributed by atoms with van der Waals surface area (Å²) in [6.07, 6.45) is -2.66. The molecule has 1 fully saturated rings. The van der Waals surface area contributed by atoms with Crippen molar-refractivity contribution >= 4 is 5.69 Å². The molecule has 0 saturated carbocycles. The lowest BCUT2D eigenvalue weighted by Crippen LogP contribution is -2.22. The number of hydrogen-bond acceptors (Lipinski definition) is 3. The van der Waals surface area contributed by atoms with E-state index in [4.69, 9.17) is 10.8 Å². The average molecular weight is 288 g/mol. The lowest BCUT2D eigenvalue weighted by atomic mass is 10.1. The second kappa shape index (κ2) is 6.01. The minimum Gasteiger partial charge on any atom is -0.396 e. The van der Waals surface area contributed by atoms with Gasteiger partial charge in [-0.25, -0.2) is 0 Å². The van der Waals surface area contributed by atoms with Gasteiger partial charge in [0.15, 0.2) is 0 Å². The summed E-state index contributed by atoms with van der Waals surface area (Å²) < 4.78 is 38.1. The largest absolute Gasteiger partial charge is 0.416 e. The highest BCUT2D eigenvalue weighted by Crippen LogP contribution is 2.34. The van der Waals surface area contributed by atoms with Crippen LogP contribution in [0.1, 0.15) is 24.0 Å². The normalized spacial score (nSPS) is 19.6. The summed E-state index contributed by atoms with van der Waals surface area (Å²) in [6.45, 7) is 1.79. The molecule has 0 radical (unpaired) electrons. The van der Waals surface area contributed by atoms with Gasteiger partial charge >= 0.3 is 6.18 Å². The van der Waals surface area contributed by atoms with E-state index in [9.17, 15) is 13.2 Å². The van der Waals surface area contributed by atoms with Crippen LogP contribution in [-0.4, -0.2) is 24.8 Å². The fourth-order valence-electron chi connectivity index (χ4n) is 2.70. The Hall–Kier alpha value is -1.27. The Morgan fingerprint density at radius 1 is 1.35 bits per heavy atom. The van der Waals surface area contributed by atoms with Gasteiger partial charge in [-0.2, -0.15) is 13.2 Å². The number of anilines is 1. The third-order valence-electron chi connectivity index (χ3n) is 3.79. The number of aliphatic hydroxyl groups excluding tert-OH is 1. The van der Waals surface area contributed by atoms with E-state index >= 15 is 0 Å². The Bertz CT molecular complexity index is 462. The van der Waals surface area contributed by atoms with Gasteiger partial charge in [0, 0.05) is 31.9 Å². The third-order valence-corrected chi connectivity index (χ3v) is 3.79. The predicted octanol–water partition coefficient (Wildman–Crippen LogP) is 2.37. The molecule has 3 nitrogen and oxygen atoms in total. The molecule has 1 atom stereocenters. The van der Waals surface area contributed by atoms with Gasteiger partial charge in [-0.1, -0.05) is 0 Å². The Morgan fingerprint density at radius 3 is 2.70 bits per heavy atom. The number of hydrogen-bond donors (Lipinski definition) is 2. The molecular weight excluding hydrogens is 269 g/mol. The standard InChI is InChI=1S/C14H19F3N2O/c15-14(16,17)12-1-2-13(11(7-12)8-18)19-5-3-10(9-19)4-6-20/h1-2,7,10,20H,3-6,8-9,18H2. The van der Waals surface area contributed by atoms with Gasteiger partial charge in [0.25, 0.3) is 0 Å². The van der Waals surface area contributed by atoms with Crippen LogP contribution in [0.5, 0.6) is 0 Å². The summed E-state index contributed by atoms with van der Waals surface area (Å²) in [5, 5.41) is 8.95. The molecule has 2 rings (SSSR count). The van der Waals surface area contributed by atoms with Gasteiger partial charge < -0.3 is 15.7 Å². The Labute approximate surface area is 116 Å². The molecule has 1 heterocycles. The summed E-state index contributed by atoms with van der Waals surface area (Å²) in [7, 11) is 0. The van der Waals surface area contributed by atoms with E-state index in [0.29, 0.717) is 11.5 Å². The number of nitrogens with two attached hydrogens (primary N) is 1. The van der Waals surface area contributed by atoms with Crippen LogP contribution in [0.25, 0.3) is 0 Å². The molecule has 0 aromatic heterocycles. The van der Waals surface area contributed by atoms with Crippen LogP contribution >= 0.6 is 0 Å². The number of benzene rings is 1. The van der Waals surface area contributed by atoms with E-state index in [1.807, 2.05) is 0 Å². The molecule has 1 saturated heterocycles. The van der Waals surface area contributed by atoms with Crippen molar-refractivity contribution in [1.29, 1.82) is 0 Å². The van der Waals surface area contributed by atoms with E-state index in [1.54, 1.807) is 0 Å². The Morgan fingerprint density at radius 2 is 2.10 bits per heavy atom. The maximum Gasteiger partial charge on any atom is 0.416 e. The topological polar surface area (TPSA) is 49.5 Å². The quantitative estimate of drug-likeness (QED) is 0.894. The minimum atomic E-state index is -4.34. The summed E-state index contributed by atoms with van der Waals surface area (Å²) >= 11 is 0. The van der Waals surface area contributed by atoms with Gasteiger partial charge in [0.1, 0.15) is 0 Å². The van der Waals surface area contributed by atoms with Gasteiger partial charge in [-0.05, 0) is 42.5 Å². The van der Waals surface area contributed by atoms with E-state index in [0.717, 1.165) is 43.8 Å². The van der Waals surface area contributed by atoms with Crippen LogP contribution < -0.4 is 10.6 Å². The molecule has 20 heavy (non-hydrogen) atoms. The summed E-state index contributed by atoms with van der Waals surface area (Å²) in [5.41, 5.74) is 6.23. The van der Waals surface area contributed by atoms with Crippen molar-refractivity contribution in [3.63, 3.8) is 0 Å². The maximum atomic E-state index is 12.7. The van der Waals surface area contributed by atoms with E-state index in [1.165, 1.54) is 6.07 Å². The second-order valence-electron chi connectivity index (χ2n) is 5.16. The summed E-state index contributed by atoms with van der Waals surface area (Å²) in [6, 6.07) is 3.74. The molecule has 112 valence electrons. The number of rotatable bonds is 4. The number of alkyl halides is 3. The molecule has 6 heteroatoms. The number of halogens is 3. The van der Waals surface area contributed by atoms with Crippen LogP contribution in [0.15, 0.2) is 18.2 Å². The molecule has 1 aliphatic heterocycles. The van der Waals surface area contributed by atoms with Crippen molar-refractivity contribution in [2.45, 2.75) is 25.6 Å². The third kappa shape index (κ3) is 3.24. The maximum absolute atomic E-state index is 12.7. The van der Waals surface area contributed by atoms with Crippen LogP contribution in [0.4, 0.5) is 18.9 Å². The minimum absolute atomic E-state index is 0.0837. The Balaban J connectivity index is 2.20. The highest BCUT2D eigenvalue weighted by molar-refractivity contribution is 5.56. The molecule has 1 aliphatic rings. The van der Waals surface area contributed by atoms with Crippen LogP contribution in [0.2, 0.25) is 0 Å². The van der Waals surface area contributed by atoms with Crippen LogP contribution in [0, 0.1) is 5.92 Å². The summed E-state index contributed by atoms with van der Waals surface area (Å²) in [4.78, 5) is 2.06. The van der Waals surface area contributed by atoms with Crippen molar-refractivity contribution in [2.75, 3.05) is 24.6 Å². The zero-order chi connectivity index (χ0) is 14.8. The molecule has 1 unspecified atom stereocenters. The zero-order valence-electron chi connectivity index (χ0n) is 11.2. The van der Waals surface area contributed by atoms with E-state index < -0.39 is 11.7 Å². The predicted molar refractivity (Wildman–Crippen MR) is 71.4 cm³/mol. The summed E-state index contributed by atoms with van der Waals surface area (Å²) in [5.74, 6) is 0.396. The first-order valence-electron chi connectivity index (χ1n) is 6.71.